The monoisotopic (exact) mass is 273 g/mol. The number of benzene rings is 1. The molecule has 0 saturated heterocycles. The van der Waals surface area contributed by atoms with E-state index in [-0.39, 0.29) is 5.91 Å². The number of aromatic nitrogens is 2. The van der Waals surface area contributed by atoms with Crippen molar-refractivity contribution in [3.63, 3.8) is 0 Å². The first kappa shape index (κ1) is 14.3. The average Bonchev–Trinajstić information content (AvgIpc) is 2.99. The molecule has 5 nitrogen and oxygen atoms in total. The van der Waals surface area contributed by atoms with Crippen molar-refractivity contribution in [3.8, 4) is 0 Å². The summed E-state index contributed by atoms with van der Waals surface area (Å²) >= 11 is 0. The van der Waals surface area contributed by atoms with E-state index in [1.165, 1.54) is 0 Å². The van der Waals surface area contributed by atoms with Crippen LogP contribution in [0, 0.1) is 0 Å². The van der Waals surface area contributed by atoms with Gasteiger partial charge in [-0.3, -0.25) is 9.89 Å². The van der Waals surface area contributed by atoms with Gasteiger partial charge >= 0.3 is 0 Å². The van der Waals surface area contributed by atoms with Gasteiger partial charge in [0.05, 0.1) is 12.2 Å². The molecule has 20 heavy (non-hydrogen) atoms. The minimum Gasteiger partial charge on any atom is -0.372 e. The molecule has 2 aromatic rings. The van der Waals surface area contributed by atoms with E-state index in [2.05, 4.69) is 10.2 Å². The third kappa shape index (κ3) is 3.68. The number of ether oxygens (including phenoxy) is 1. The smallest absolute Gasteiger partial charge is 0.252 e. The van der Waals surface area contributed by atoms with Gasteiger partial charge in [-0.25, -0.2) is 0 Å². The second-order valence-electron chi connectivity index (χ2n) is 4.64. The fourth-order valence-corrected chi connectivity index (χ4v) is 1.95. The number of amides is 1. The molecule has 106 valence electrons. The van der Waals surface area contributed by atoms with E-state index in [0.717, 1.165) is 11.3 Å². The van der Waals surface area contributed by atoms with Crippen LogP contribution in [0.5, 0.6) is 0 Å². The number of nitrogens with zero attached hydrogens (tertiary/aromatic N) is 2. The Morgan fingerprint density at radius 3 is 2.65 bits per heavy atom. The number of carbonyl (C=O) groups excluding carboxylic acids is 1. The summed E-state index contributed by atoms with van der Waals surface area (Å²) in [6.07, 6.45) is 1.22. The molecule has 1 atom stereocenters. The van der Waals surface area contributed by atoms with Gasteiger partial charge in [-0.1, -0.05) is 30.3 Å². The van der Waals surface area contributed by atoms with E-state index in [0.29, 0.717) is 13.1 Å². The van der Waals surface area contributed by atoms with E-state index in [1.807, 2.05) is 36.4 Å². The van der Waals surface area contributed by atoms with Crippen LogP contribution in [-0.4, -0.2) is 34.2 Å². The van der Waals surface area contributed by atoms with Gasteiger partial charge in [-0.2, -0.15) is 5.10 Å². The number of hydrogen-bond acceptors (Lipinski definition) is 3. The highest BCUT2D eigenvalue weighted by molar-refractivity contribution is 5.80. The molecule has 0 fully saturated rings. The Morgan fingerprint density at radius 2 is 2.05 bits per heavy atom. The highest BCUT2D eigenvalue weighted by atomic mass is 16.5. The molecule has 0 spiro atoms. The lowest BCUT2D eigenvalue weighted by atomic mass is 10.2. The molecule has 1 heterocycles. The van der Waals surface area contributed by atoms with Crippen molar-refractivity contribution in [2.45, 2.75) is 26.1 Å². The van der Waals surface area contributed by atoms with Gasteiger partial charge in [0, 0.05) is 19.9 Å². The van der Waals surface area contributed by atoms with E-state index in [4.69, 9.17) is 4.74 Å². The minimum absolute atomic E-state index is 0.0362. The molecule has 0 saturated carbocycles. The van der Waals surface area contributed by atoms with Crippen LogP contribution in [0.1, 0.15) is 18.2 Å². The number of nitrogens with one attached hydrogen (secondary N) is 1. The molecule has 5 heteroatoms. The maximum atomic E-state index is 12.4. The van der Waals surface area contributed by atoms with Crippen LogP contribution in [0.25, 0.3) is 0 Å². The molecule has 0 bridgehead atoms. The van der Waals surface area contributed by atoms with Crippen molar-refractivity contribution >= 4 is 5.91 Å². The summed E-state index contributed by atoms with van der Waals surface area (Å²) in [5.74, 6) is -0.0362. The molecule has 0 aliphatic heterocycles. The first-order valence-electron chi connectivity index (χ1n) is 6.54. The van der Waals surface area contributed by atoms with Crippen LogP contribution >= 0.6 is 0 Å². The lowest BCUT2D eigenvalue weighted by Crippen LogP contribution is -2.37. The predicted octanol–water partition coefficient (Wildman–Crippen LogP) is 1.97. The van der Waals surface area contributed by atoms with Crippen LogP contribution in [-0.2, 0) is 22.6 Å². The zero-order valence-corrected chi connectivity index (χ0v) is 11.7. The van der Waals surface area contributed by atoms with Gasteiger partial charge in [0.15, 0.2) is 0 Å². The normalized spacial score (nSPS) is 12.1. The molecule has 1 N–H and O–H groups in total. The second-order valence-corrected chi connectivity index (χ2v) is 4.64. The fourth-order valence-electron chi connectivity index (χ4n) is 1.95. The second kappa shape index (κ2) is 6.86. The van der Waals surface area contributed by atoms with Crippen molar-refractivity contribution < 1.29 is 9.53 Å². The summed E-state index contributed by atoms with van der Waals surface area (Å²) in [7, 11) is 1.54. The fraction of sp³-hybridized carbons (Fsp3) is 0.333. The Labute approximate surface area is 118 Å². The van der Waals surface area contributed by atoms with Crippen LogP contribution in [0.4, 0.5) is 0 Å². The molecule has 2 rings (SSSR count). The molecule has 0 aliphatic rings. The summed E-state index contributed by atoms with van der Waals surface area (Å²) in [6.45, 7) is 2.79. The quantitative estimate of drug-likeness (QED) is 0.875. The average molecular weight is 273 g/mol. The van der Waals surface area contributed by atoms with Crippen molar-refractivity contribution in [3.05, 3.63) is 53.9 Å². The summed E-state index contributed by atoms with van der Waals surface area (Å²) in [5, 5.41) is 6.79. The van der Waals surface area contributed by atoms with Crippen molar-refractivity contribution in [2.75, 3.05) is 7.11 Å². The topological polar surface area (TPSA) is 58.2 Å². The molecule has 0 radical (unpaired) electrons. The minimum atomic E-state index is -0.457. The SMILES string of the molecule is COC(C)C(=O)N(Cc1ccccc1)Cc1ccn[nH]1. The Balaban J connectivity index is 2.13. The first-order valence-corrected chi connectivity index (χ1v) is 6.54. The van der Waals surface area contributed by atoms with E-state index in [1.54, 1.807) is 25.1 Å². The van der Waals surface area contributed by atoms with Crippen LogP contribution in [0.2, 0.25) is 0 Å². The van der Waals surface area contributed by atoms with Crippen molar-refractivity contribution in [1.82, 2.24) is 15.1 Å². The highest BCUT2D eigenvalue weighted by Gasteiger charge is 2.21. The van der Waals surface area contributed by atoms with Gasteiger partial charge in [-0.05, 0) is 18.6 Å². The van der Waals surface area contributed by atoms with Crippen LogP contribution in [0.3, 0.4) is 0 Å². The third-order valence-corrected chi connectivity index (χ3v) is 3.15. The zero-order chi connectivity index (χ0) is 14.4. The third-order valence-electron chi connectivity index (χ3n) is 3.15. The summed E-state index contributed by atoms with van der Waals surface area (Å²) in [6, 6.07) is 11.8. The van der Waals surface area contributed by atoms with E-state index >= 15 is 0 Å². The number of H-pyrrole nitrogens is 1. The Kier molecular flexibility index (Phi) is 4.90. The molecule has 1 aromatic heterocycles. The van der Waals surface area contributed by atoms with Gasteiger partial charge < -0.3 is 9.64 Å². The number of aromatic amines is 1. The Hall–Kier alpha value is -2.14. The van der Waals surface area contributed by atoms with E-state index in [9.17, 15) is 4.79 Å². The summed E-state index contributed by atoms with van der Waals surface area (Å²) < 4.78 is 5.13. The predicted molar refractivity (Wildman–Crippen MR) is 75.8 cm³/mol. The number of rotatable bonds is 6. The van der Waals surface area contributed by atoms with Crippen molar-refractivity contribution in [2.24, 2.45) is 0 Å². The van der Waals surface area contributed by atoms with Gasteiger partial charge in [0.25, 0.3) is 5.91 Å². The van der Waals surface area contributed by atoms with Crippen LogP contribution in [0.15, 0.2) is 42.6 Å². The lowest BCUT2D eigenvalue weighted by molar-refractivity contribution is -0.142. The number of hydrogen-bond donors (Lipinski definition) is 1. The van der Waals surface area contributed by atoms with Gasteiger partial charge in [-0.15, -0.1) is 0 Å². The van der Waals surface area contributed by atoms with Crippen LogP contribution < -0.4 is 0 Å². The summed E-state index contributed by atoms with van der Waals surface area (Å²) in [5.41, 5.74) is 1.99. The number of methoxy groups -OCH3 is 1. The molecule has 1 unspecified atom stereocenters. The maximum absolute atomic E-state index is 12.4. The largest absolute Gasteiger partial charge is 0.372 e. The zero-order valence-electron chi connectivity index (χ0n) is 11.7. The number of carbonyl (C=O) groups is 1. The molecule has 1 amide bonds. The molecule has 1 aromatic carbocycles. The van der Waals surface area contributed by atoms with Crippen molar-refractivity contribution in [1.29, 1.82) is 0 Å². The molecule has 0 aliphatic carbocycles. The van der Waals surface area contributed by atoms with Gasteiger partial charge in [0.1, 0.15) is 6.10 Å². The Bertz CT molecular complexity index is 525. The highest BCUT2D eigenvalue weighted by Crippen LogP contribution is 2.11. The molecular formula is C15H19N3O2. The summed E-state index contributed by atoms with van der Waals surface area (Å²) in [4.78, 5) is 14.1. The lowest BCUT2D eigenvalue weighted by Gasteiger charge is -2.24. The molecular weight excluding hydrogens is 254 g/mol. The van der Waals surface area contributed by atoms with Gasteiger partial charge in [0.2, 0.25) is 0 Å². The first-order chi connectivity index (χ1) is 9.70. The Morgan fingerprint density at radius 1 is 1.30 bits per heavy atom. The standard InChI is InChI=1S/C15H19N3O2/c1-12(20-2)15(19)18(11-14-8-9-16-17-14)10-13-6-4-3-5-7-13/h3-9,12H,10-11H2,1-2H3,(H,16,17). The van der Waals surface area contributed by atoms with E-state index < -0.39 is 6.10 Å². The maximum Gasteiger partial charge on any atom is 0.252 e.